The number of rotatable bonds is 1. The number of hydrogen-bond donors (Lipinski definition) is 0. The summed E-state index contributed by atoms with van der Waals surface area (Å²) in [5, 5.41) is 8.33. The van der Waals surface area contributed by atoms with Crippen LogP contribution in [0.1, 0.15) is 10.4 Å². The van der Waals surface area contributed by atoms with Crippen LogP contribution >= 0.6 is 0 Å². The maximum absolute atomic E-state index is 11.1. The summed E-state index contributed by atoms with van der Waals surface area (Å²) in [6.45, 7) is 0. The first-order valence-electron chi connectivity index (χ1n) is 2.95. The topological polar surface area (TPSA) is 57.2 Å². The summed E-state index contributed by atoms with van der Waals surface area (Å²) < 4.78 is 4.67. The monoisotopic (exact) mass is 150 g/mol. The SMILES string of the molecule is CN(C#N)C(=O)c1ccoc1. The van der Waals surface area contributed by atoms with E-state index in [0.717, 1.165) is 4.90 Å². The van der Waals surface area contributed by atoms with E-state index < -0.39 is 0 Å². The lowest BCUT2D eigenvalue weighted by molar-refractivity contribution is 0.0858. The zero-order valence-electron chi connectivity index (χ0n) is 5.94. The number of hydrogen-bond acceptors (Lipinski definition) is 3. The summed E-state index contributed by atoms with van der Waals surface area (Å²) in [6, 6.07) is 1.51. The largest absolute Gasteiger partial charge is 0.472 e. The van der Waals surface area contributed by atoms with E-state index >= 15 is 0 Å². The molecular formula is C7H6N2O2. The Morgan fingerprint density at radius 1 is 1.82 bits per heavy atom. The zero-order valence-corrected chi connectivity index (χ0v) is 5.94. The second-order valence-corrected chi connectivity index (χ2v) is 1.98. The minimum absolute atomic E-state index is 0.360. The molecule has 0 aromatic carbocycles. The second-order valence-electron chi connectivity index (χ2n) is 1.98. The maximum Gasteiger partial charge on any atom is 0.269 e. The predicted molar refractivity (Wildman–Crippen MR) is 36.4 cm³/mol. The average Bonchev–Trinajstić information content (AvgIpc) is 2.53. The first-order chi connectivity index (χ1) is 5.25. The van der Waals surface area contributed by atoms with E-state index in [4.69, 9.17) is 5.26 Å². The average molecular weight is 150 g/mol. The highest BCUT2D eigenvalue weighted by Gasteiger charge is 2.10. The van der Waals surface area contributed by atoms with Gasteiger partial charge in [-0.3, -0.25) is 4.79 Å². The van der Waals surface area contributed by atoms with Crippen molar-refractivity contribution in [3.05, 3.63) is 24.2 Å². The van der Waals surface area contributed by atoms with Crippen molar-refractivity contribution in [3.63, 3.8) is 0 Å². The van der Waals surface area contributed by atoms with Crippen molar-refractivity contribution in [1.29, 1.82) is 5.26 Å². The van der Waals surface area contributed by atoms with Gasteiger partial charge in [0.25, 0.3) is 5.91 Å². The molecule has 1 aromatic rings. The Labute approximate surface area is 63.6 Å². The second kappa shape index (κ2) is 2.88. The van der Waals surface area contributed by atoms with Crippen LogP contribution in [-0.4, -0.2) is 17.9 Å². The number of furan rings is 1. The van der Waals surface area contributed by atoms with Gasteiger partial charge in [-0.2, -0.15) is 5.26 Å². The van der Waals surface area contributed by atoms with E-state index in [2.05, 4.69) is 4.42 Å². The molecule has 0 unspecified atom stereocenters. The van der Waals surface area contributed by atoms with Crippen LogP contribution in [0, 0.1) is 11.5 Å². The molecule has 0 aliphatic rings. The van der Waals surface area contributed by atoms with Crippen molar-refractivity contribution in [1.82, 2.24) is 4.90 Å². The molecule has 1 rings (SSSR count). The lowest BCUT2D eigenvalue weighted by Gasteiger charge is -2.02. The third-order valence-electron chi connectivity index (χ3n) is 1.22. The summed E-state index contributed by atoms with van der Waals surface area (Å²) in [4.78, 5) is 12.0. The van der Waals surface area contributed by atoms with Crippen LogP contribution in [0.2, 0.25) is 0 Å². The Morgan fingerprint density at radius 2 is 2.55 bits per heavy atom. The molecule has 0 saturated heterocycles. The van der Waals surface area contributed by atoms with Crippen molar-refractivity contribution in [3.8, 4) is 6.19 Å². The lowest BCUT2D eigenvalue weighted by Crippen LogP contribution is -2.20. The molecule has 1 heterocycles. The first-order valence-corrected chi connectivity index (χ1v) is 2.95. The minimum atomic E-state index is -0.360. The smallest absolute Gasteiger partial charge is 0.269 e. The van der Waals surface area contributed by atoms with Crippen LogP contribution in [0.4, 0.5) is 0 Å². The van der Waals surface area contributed by atoms with E-state index in [9.17, 15) is 4.79 Å². The fourth-order valence-electron chi connectivity index (χ4n) is 0.625. The van der Waals surface area contributed by atoms with Gasteiger partial charge in [0.2, 0.25) is 0 Å². The minimum Gasteiger partial charge on any atom is -0.472 e. The van der Waals surface area contributed by atoms with E-state index in [1.165, 1.54) is 25.6 Å². The summed E-state index contributed by atoms with van der Waals surface area (Å²) in [5.41, 5.74) is 0.383. The van der Waals surface area contributed by atoms with Gasteiger partial charge in [-0.05, 0) is 6.07 Å². The van der Waals surface area contributed by atoms with Gasteiger partial charge in [0.1, 0.15) is 6.26 Å². The number of carbonyl (C=O) groups excluding carboxylic acids is 1. The highest BCUT2D eigenvalue weighted by Crippen LogP contribution is 2.02. The van der Waals surface area contributed by atoms with Crippen LogP contribution in [0.25, 0.3) is 0 Å². The van der Waals surface area contributed by atoms with Crippen LogP contribution in [0.15, 0.2) is 23.0 Å². The molecule has 0 fully saturated rings. The fourth-order valence-corrected chi connectivity index (χ4v) is 0.625. The van der Waals surface area contributed by atoms with Crippen molar-refractivity contribution in [2.75, 3.05) is 7.05 Å². The predicted octanol–water partition coefficient (Wildman–Crippen LogP) is 0.833. The van der Waals surface area contributed by atoms with Crippen LogP contribution < -0.4 is 0 Å². The Hall–Kier alpha value is -1.76. The lowest BCUT2D eigenvalue weighted by atomic mass is 10.3. The molecule has 0 aliphatic heterocycles. The summed E-state index contributed by atoms with van der Waals surface area (Å²) in [6.07, 6.45) is 4.38. The molecule has 0 radical (unpaired) electrons. The zero-order chi connectivity index (χ0) is 8.27. The summed E-state index contributed by atoms with van der Waals surface area (Å²) >= 11 is 0. The van der Waals surface area contributed by atoms with Crippen molar-refractivity contribution >= 4 is 5.91 Å². The normalized spacial score (nSPS) is 8.73. The quantitative estimate of drug-likeness (QED) is 0.440. The maximum atomic E-state index is 11.1. The molecule has 56 valence electrons. The van der Waals surface area contributed by atoms with Crippen molar-refractivity contribution < 1.29 is 9.21 Å². The first kappa shape index (κ1) is 7.35. The number of nitrogens with zero attached hydrogens (tertiary/aromatic N) is 2. The highest BCUT2D eigenvalue weighted by molar-refractivity contribution is 5.94. The van der Waals surface area contributed by atoms with Gasteiger partial charge >= 0.3 is 0 Å². The molecule has 0 atom stereocenters. The van der Waals surface area contributed by atoms with E-state index in [1.807, 2.05) is 0 Å². The molecule has 0 spiro atoms. The Kier molecular flexibility index (Phi) is 1.93. The fraction of sp³-hybridized carbons (Fsp3) is 0.143. The molecule has 0 N–H and O–H groups in total. The molecule has 4 heteroatoms. The number of amides is 1. The van der Waals surface area contributed by atoms with Crippen molar-refractivity contribution in [2.24, 2.45) is 0 Å². The third-order valence-corrected chi connectivity index (χ3v) is 1.22. The molecule has 1 amide bonds. The molecular weight excluding hydrogens is 144 g/mol. The van der Waals surface area contributed by atoms with Gasteiger partial charge in [0, 0.05) is 7.05 Å². The summed E-state index contributed by atoms with van der Waals surface area (Å²) in [5.74, 6) is -0.360. The Balaban J connectivity index is 2.81. The third kappa shape index (κ3) is 1.38. The van der Waals surface area contributed by atoms with Crippen LogP contribution in [0.3, 0.4) is 0 Å². The number of nitriles is 1. The molecule has 11 heavy (non-hydrogen) atoms. The molecule has 0 saturated carbocycles. The van der Waals surface area contributed by atoms with E-state index in [0.29, 0.717) is 5.56 Å². The Bertz CT molecular complexity index is 284. The van der Waals surface area contributed by atoms with Crippen LogP contribution in [0.5, 0.6) is 0 Å². The van der Waals surface area contributed by atoms with Crippen molar-refractivity contribution in [2.45, 2.75) is 0 Å². The molecule has 4 nitrogen and oxygen atoms in total. The summed E-state index contributed by atoms with van der Waals surface area (Å²) in [7, 11) is 1.40. The number of carbonyl (C=O) groups is 1. The standard InChI is InChI=1S/C7H6N2O2/c1-9(5-8)7(10)6-2-3-11-4-6/h2-4H,1H3. The van der Waals surface area contributed by atoms with Gasteiger partial charge in [-0.25, -0.2) is 4.90 Å². The molecule has 0 aliphatic carbocycles. The van der Waals surface area contributed by atoms with Gasteiger partial charge in [0.05, 0.1) is 11.8 Å². The van der Waals surface area contributed by atoms with E-state index in [1.54, 1.807) is 6.19 Å². The van der Waals surface area contributed by atoms with Gasteiger partial charge < -0.3 is 4.42 Å². The molecule has 0 bridgehead atoms. The van der Waals surface area contributed by atoms with Gasteiger partial charge in [-0.15, -0.1) is 0 Å². The van der Waals surface area contributed by atoms with Gasteiger partial charge in [0.15, 0.2) is 6.19 Å². The van der Waals surface area contributed by atoms with E-state index in [-0.39, 0.29) is 5.91 Å². The molecule has 1 aromatic heterocycles. The van der Waals surface area contributed by atoms with Crippen LogP contribution in [-0.2, 0) is 0 Å². The highest BCUT2D eigenvalue weighted by atomic mass is 16.3. The van der Waals surface area contributed by atoms with Gasteiger partial charge in [-0.1, -0.05) is 0 Å². The Morgan fingerprint density at radius 3 is 3.00 bits per heavy atom.